The fourth-order valence-corrected chi connectivity index (χ4v) is 3.83. The van der Waals surface area contributed by atoms with Gasteiger partial charge in [0.2, 0.25) is 0 Å². The van der Waals surface area contributed by atoms with Crippen molar-refractivity contribution in [3.8, 4) is 16.9 Å². The van der Waals surface area contributed by atoms with Gasteiger partial charge in [-0.1, -0.05) is 49.4 Å². The van der Waals surface area contributed by atoms with Crippen molar-refractivity contribution in [2.45, 2.75) is 19.9 Å². The molecule has 0 radical (unpaired) electrons. The predicted octanol–water partition coefficient (Wildman–Crippen LogP) is 3.73. The summed E-state index contributed by atoms with van der Waals surface area (Å²) in [5.41, 5.74) is 5.33. The maximum atomic E-state index is 13.1. The normalized spacial score (nSPS) is 11.3. The molecule has 7 heteroatoms. The molecule has 0 atom stereocenters. The highest BCUT2D eigenvalue weighted by molar-refractivity contribution is 5.84. The molecule has 5 rings (SSSR count). The zero-order valence-corrected chi connectivity index (χ0v) is 17.3. The maximum Gasteiger partial charge on any atom is 0.280 e. The Bertz CT molecular complexity index is 1440. The number of aryl methyl sites for hydroxylation is 1. The number of ether oxygens (including phenoxy) is 1. The number of methoxy groups -OCH3 is 1. The van der Waals surface area contributed by atoms with Gasteiger partial charge in [0.1, 0.15) is 11.3 Å². The Hall–Kier alpha value is -4.00. The molecular weight excluding hydrogens is 390 g/mol. The van der Waals surface area contributed by atoms with E-state index >= 15 is 0 Å². The smallest absolute Gasteiger partial charge is 0.280 e. The average molecular weight is 411 g/mol. The van der Waals surface area contributed by atoms with Crippen molar-refractivity contribution >= 4 is 16.7 Å². The van der Waals surface area contributed by atoms with Crippen molar-refractivity contribution in [3.05, 3.63) is 88.5 Å². The standard InChI is InChI=1S/C24H21N5O2/c1-3-19-21(17-7-5-4-6-8-17)23-26-25-22-20(29(23)27-19)13-14-28(24(22)30)15-16-9-11-18(31-2)12-10-16/h4-14H,3,15H2,1-2H3. The molecule has 0 aliphatic heterocycles. The molecule has 0 saturated heterocycles. The molecule has 3 aromatic heterocycles. The highest BCUT2D eigenvalue weighted by atomic mass is 16.5. The summed E-state index contributed by atoms with van der Waals surface area (Å²) < 4.78 is 8.57. The summed E-state index contributed by atoms with van der Waals surface area (Å²) >= 11 is 0. The Morgan fingerprint density at radius 2 is 1.74 bits per heavy atom. The van der Waals surface area contributed by atoms with Crippen LogP contribution in [-0.4, -0.2) is 31.5 Å². The zero-order chi connectivity index (χ0) is 21.4. The third-order valence-electron chi connectivity index (χ3n) is 5.43. The minimum Gasteiger partial charge on any atom is -0.497 e. The van der Waals surface area contributed by atoms with Crippen LogP contribution in [-0.2, 0) is 13.0 Å². The summed E-state index contributed by atoms with van der Waals surface area (Å²) in [4.78, 5) is 13.1. The van der Waals surface area contributed by atoms with Crippen LogP contribution in [0.25, 0.3) is 27.8 Å². The first-order chi connectivity index (χ1) is 15.2. The second-order valence-electron chi connectivity index (χ2n) is 7.31. The Morgan fingerprint density at radius 1 is 0.968 bits per heavy atom. The molecule has 0 unspecified atom stereocenters. The van der Waals surface area contributed by atoms with Gasteiger partial charge < -0.3 is 9.30 Å². The first-order valence-electron chi connectivity index (χ1n) is 10.2. The van der Waals surface area contributed by atoms with Crippen LogP contribution in [0.5, 0.6) is 5.75 Å². The second-order valence-corrected chi connectivity index (χ2v) is 7.31. The van der Waals surface area contributed by atoms with E-state index in [1.54, 1.807) is 22.4 Å². The highest BCUT2D eigenvalue weighted by Gasteiger charge is 2.18. The number of rotatable bonds is 5. The molecule has 0 bridgehead atoms. The van der Waals surface area contributed by atoms with E-state index < -0.39 is 0 Å². The molecule has 0 amide bonds. The van der Waals surface area contributed by atoms with Gasteiger partial charge in [0.05, 0.1) is 24.9 Å². The number of nitrogens with zero attached hydrogens (tertiary/aromatic N) is 5. The van der Waals surface area contributed by atoms with Crippen LogP contribution in [0.15, 0.2) is 71.7 Å². The van der Waals surface area contributed by atoms with Gasteiger partial charge in [-0.25, -0.2) is 4.52 Å². The Morgan fingerprint density at radius 3 is 2.45 bits per heavy atom. The molecule has 5 aromatic rings. The highest BCUT2D eigenvalue weighted by Crippen LogP contribution is 2.28. The first-order valence-corrected chi connectivity index (χ1v) is 10.2. The van der Waals surface area contributed by atoms with E-state index in [4.69, 9.17) is 9.84 Å². The summed E-state index contributed by atoms with van der Waals surface area (Å²) in [6.07, 6.45) is 2.54. The average Bonchev–Trinajstić information content (AvgIpc) is 3.21. The summed E-state index contributed by atoms with van der Waals surface area (Å²) in [7, 11) is 1.63. The Labute approximate surface area is 178 Å². The topological polar surface area (TPSA) is 74.3 Å². The van der Waals surface area contributed by atoms with Crippen molar-refractivity contribution in [1.82, 2.24) is 24.4 Å². The molecule has 2 aromatic carbocycles. The van der Waals surface area contributed by atoms with E-state index in [0.29, 0.717) is 23.2 Å². The molecule has 31 heavy (non-hydrogen) atoms. The lowest BCUT2D eigenvalue weighted by atomic mass is 10.0. The number of aromatic nitrogens is 5. The summed E-state index contributed by atoms with van der Waals surface area (Å²) in [6, 6.07) is 19.6. The lowest BCUT2D eigenvalue weighted by molar-refractivity contribution is 0.414. The van der Waals surface area contributed by atoms with Gasteiger partial charge in [0.15, 0.2) is 11.2 Å². The number of pyridine rings is 1. The number of hydrogen-bond acceptors (Lipinski definition) is 5. The Kier molecular flexibility index (Phi) is 4.71. The van der Waals surface area contributed by atoms with Gasteiger partial charge in [-0.05, 0) is 35.7 Å². The maximum absolute atomic E-state index is 13.1. The number of benzene rings is 2. The van der Waals surface area contributed by atoms with Crippen LogP contribution < -0.4 is 10.3 Å². The lowest BCUT2D eigenvalue weighted by Gasteiger charge is -2.08. The van der Waals surface area contributed by atoms with Crippen LogP contribution in [0.4, 0.5) is 0 Å². The third kappa shape index (κ3) is 3.24. The largest absolute Gasteiger partial charge is 0.497 e. The van der Waals surface area contributed by atoms with E-state index in [9.17, 15) is 4.79 Å². The molecule has 0 spiro atoms. The lowest BCUT2D eigenvalue weighted by Crippen LogP contribution is -2.22. The van der Waals surface area contributed by atoms with Crippen molar-refractivity contribution in [2.75, 3.05) is 7.11 Å². The zero-order valence-electron chi connectivity index (χ0n) is 17.3. The fraction of sp³-hybridized carbons (Fsp3) is 0.167. The summed E-state index contributed by atoms with van der Waals surface area (Å²) in [5.74, 6) is 0.780. The van der Waals surface area contributed by atoms with E-state index in [-0.39, 0.29) is 5.56 Å². The van der Waals surface area contributed by atoms with Crippen molar-refractivity contribution in [2.24, 2.45) is 0 Å². The minimum absolute atomic E-state index is 0.197. The second kappa shape index (κ2) is 7.68. The van der Waals surface area contributed by atoms with E-state index in [1.165, 1.54) is 0 Å². The van der Waals surface area contributed by atoms with Gasteiger partial charge in [0.25, 0.3) is 5.56 Å². The summed E-state index contributed by atoms with van der Waals surface area (Å²) in [5, 5.41) is 13.5. The molecule has 0 aliphatic rings. The third-order valence-corrected chi connectivity index (χ3v) is 5.43. The molecule has 0 N–H and O–H groups in total. The van der Waals surface area contributed by atoms with Gasteiger partial charge in [-0.15, -0.1) is 10.2 Å². The molecule has 3 heterocycles. The molecule has 0 aliphatic carbocycles. The quantitative estimate of drug-likeness (QED) is 0.441. The fourth-order valence-electron chi connectivity index (χ4n) is 3.83. The van der Waals surface area contributed by atoms with Crippen molar-refractivity contribution in [3.63, 3.8) is 0 Å². The van der Waals surface area contributed by atoms with Gasteiger partial charge in [-0.3, -0.25) is 4.79 Å². The molecule has 7 nitrogen and oxygen atoms in total. The van der Waals surface area contributed by atoms with Gasteiger partial charge in [0, 0.05) is 6.20 Å². The Balaban J connectivity index is 1.64. The van der Waals surface area contributed by atoms with Gasteiger partial charge in [-0.2, -0.15) is 5.10 Å². The van der Waals surface area contributed by atoms with Crippen LogP contribution in [0.2, 0.25) is 0 Å². The summed E-state index contributed by atoms with van der Waals surface area (Å²) in [6.45, 7) is 2.50. The van der Waals surface area contributed by atoms with Crippen LogP contribution in [0, 0.1) is 0 Å². The molecular formula is C24H21N5O2. The van der Waals surface area contributed by atoms with Gasteiger partial charge >= 0.3 is 0 Å². The SMILES string of the molecule is CCc1nn2c(nnc3c(=O)n(Cc4ccc(OC)cc4)ccc32)c1-c1ccccc1. The van der Waals surface area contributed by atoms with Crippen LogP contribution >= 0.6 is 0 Å². The number of fused-ring (bicyclic) bond motifs is 3. The molecule has 0 saturated carbocycles. The minimum atomic E-state index is -0.197. The monoisotopic (exact) mass is 411 g/mol. The number of hydrogen-bond donors (Lipinski definition) is 0. The van der Waals surface area contributed by atoms with E-state index in [2.05, 4.69) is 17.1 Å². The van der Waals surface area contributed by atoms with Crippen molar-refractivity contribution < 1.29 is 4.74 Å². The molecule has 0 fully saturated rings. The van der Waals surface area contributed by atoms with Crippen molar-refractivity contribution in [1.29, 1.82) is 0 Å². The predicted molar refractivity (Wildman–Crippen MR) is 119 cm³/mol. The van der Waals surface area contributed by atoms with E-state index in [0.717, 1.165) is 34.6 Å². The molecule has 154 valence electrons. The van der Waals surface area contributed by atoms with Crippen LogP contribution in [0.3, 0.4) is 0 Å². The van der Waals surface area contributed by atoms with E-state index in [1.807, 2.05) is 60.7 Å². The van der Waals surface area contributed by atoms with Crippen LogP contribution in [0.1, 0.15) is 18.2 Å². The first kappa shape index (κ1) is 19.0.